The molecule has 0 saturated carbocycles. The van der Waals surface area contributed by atoms with E-state index in [2.05, 4.69) is 240 Å². The van der Waals surface area contributed by atoms with Gasteiger partial charge in [-0.3, -0.25) is 0 Å². The molecular formula is C62H38N2. The number of nitrogens with zero attached hydrogens (tertiary/aromatic N) is 2. The first-order chi connectivity index (χ1) is 31.7. The van der Waals surface area contributed by atoms with Gasteiger partial charge in [-0.25, -0.2) is 0 Å². The quantitative estimate of drug-likeness (QED) is 0.164. The molecule has 1 aliphatic carbocycles. The van der Waals surface area contributed by atoms with Crippen LogP contribution >= 0.6 is 0 Å². The number of benzene rings is 11. The van der Waals surface area contributed by atoms with Gasteiger partial charge in [0.25, 0.3) is 0 Å². The van der Waals surface area contributed by atoms with Gasteiger partial charge in [0.1, 0.15) is 0 Å². The van der Waals surface area contributed by atoms with Crippen molar-refractivity contribution in [3.8, 4) is 67.0 Å². The van der Waals surface area contributed by atoms with Crippen molar-refractivity contribution in [2.24, 2.45) is 0 Å². The Morgan fingerprint density at radius 2 is 0.766 bits per heavy atom. The monoisotopic (exact) mass is 810 g/mol. The van der Waals surface area contributed by atoms with Crippen molar-refractivity contribution < 1.29 is 0 Å². The molecule has 64 heavy (non-hydrogen) atoms. The summed E-state index contributed by atoms with van der Waals surface area (Å²) in [6.07, 6.45) is 0. The van der Waals surface area contributed by atoms with E-state index in [1.54, 1.807) is 0 Å². The van der Waals surface area contributed by atoms with Crippen LogP contribution in [0.5, 0.6) is 0 Å². The molecule has 0 spiro atoms. The van der Waals surface area contributed by atoms with Gasteiger partial charge in [-0.2, -0.15) is 0 Å². The van der Waals surface area contributed by atoms with Crippen LogP contribution in [-0.4, -0.2) is 9.13 Å². The van der Waals surface area contributed by atoms with Crippen LogP contribution < -0.4 is 0 Å². The van der Waals surface area contributed by atoms with Crippen LogP contribution in [0, 0.1) is 0 Å². The second-order valence-corrected chi connectivity index (χ2v) is 17.2. The zero-order valence-corrected chi connectivity index (χ0v) is 34.8. The van der Waals surface area contributed by atoms with Crippen molar-refractivity contribution in [2.45, 2.75) is 0 Å². The van der Waals surface area contributed by atoms with E-state index in [9.17, 15) is 0 Å². The van der Waals surface area contributed by atoms with E-state index in [0.717, 1.165) is 11.4 Å². The maximum absolute atomic E-state index is 2.45. The minimum Gasteiger partial charge on any atom is -0.309 e. The van der Waals surface area contributed by atoms with Crippen molar-refractivity contribution in [3.05, 3.63) is 231 Å². The lowest BCUT2D eigenvalue weighted by atomic mass is 9.93. The number of para-hydroxylation sites is 2. The Bertz CT molecular complexity index is 4020. The summed E-state index contributed by atoms with van der Waals surface area (Å²) in [6.45, 7) is 0. The zero-order chi connectivity index (χ0) is 41.9. The maximum Gasteiger partial charge on any atom is 0.0619 e. The van der Waals surface area contributed by atoms with Crippen LogP contribution in [0.1, 0.15) is 0 Å². The highest BCUT2D eigenvalue weighted by atomic mass is 15.0. The molecule has 0 fully saturated rings. The number of hydrogen-bond donors (Lipinski definition) is 0. The van der Waals surface area contributed by atoms with Gasteiger partial charge in [-0.1, -0.05) is 188 Å². The minimum atomic E-state index is 1.14. The average Bonchev–Trinajstić information content (AvgIpc) is 4.00. The third-order valence-electron chi connectivity index (χ3n) is 13.9. The van der Waals surface area contributed by atoms with E-state index in [-0.39, 0.29) is 0 Å². The molecule has 2 nitrogen and oxygen atoms in total. The molecule has 0 aliphatic heterocycles. The van der Waals surface area contributed by atoms with Crippen LogP contribution in [0.25, 0.3) is 132 Å². The highest BCUT2D eigenvalue weighted by Gasteiger charge is 2.23. The summed E-state index contributed by atoms with van der Waals surface area (Å²) < 4.78 is 4.90. The highest BCUT2D eigenvalue weighted by molar-refractivity contribution is 6.20. The molecular weight excluding hydrogens is 773 g/mol. The van der Waals surface area contributed by atoms with Gasteiger partial charge < -0.3 is 9.13 Å². The summed E-state index contributed by atoms with van der Waals surface area (Å²) >= 11 is 0. The Morgan fingerprint density at radius 3 is 1.58 bits per heavy atom. The summed E-state index contributed by atoms with van der Waals surface area (Å²) in [5.41, 5.74) is 19.7. The van der Waals surface area contributed by atoms with Gasteiger partial charge in [-0.15, -0.1) is 0 Å². The molecule has 1 aliphatic rings. The molecule has 0 unspecified atom stereocenters. The first-order valence-electron chi connectivity index (χ1n) is 22.2. The molecule has 0 radical (unpaired) electrons. The number of rotatable bonds is 5. The first-order valence-corrected chi connectivity index (χ1v) is 22.2. The molecule has 2 aromatic heterocycles. The average molecular weight is 811 g/mol. The molecule has 296 valence electrons. The molecule has 14 rings (SSSR count). The maximum atomic E-state index is 2.45. The summed E-state index contributed by atoms with van der Waals surface area (Å²) in [4.78, 5) is 0. The van der Waals surface area contributed by atoms with Crippen LogP contribution in [0.2, 0.25) is 0 Å². The molecule has 0 saturated heterocycles. The molecule has 0 atom stereocenters. The molecule has 0 amide bonds. The Labute approximate surface area is 370 Å². The van der Waals surface area contributed by atoms with Crippen molar-refractivity contribution >= 4 is 65.2 Å². The first kappa shape index (κ1) is 35.2. The second kappa shape index (κ2) is 13.5. The highest BCUT2D eigenvalue weighted by Crippen LogP contribution is 2.49. The third-order valence-corrected chi connectivity index (χ3v) is 13.9. The van der Waals surface area contributed by atoms with Gasteiger partial charge in [-0.05, 0) is 114 Å². The molecule has 2 heteroatoms. The molecule has 11 aromatic carbocycles. The van der Waals surface area contributed by atoms with Crippen molar-refractivity contribution in [1.82, 2.24) is 9.13 Å². The Morgan fingerprint density at radius 1 is 0.234 bits per heavy atom. The lowest BCUT2D eigenvalue weighted by Gasteiger charge is -2.13. The van der Waals surface area contributed by atoms with E-state index >= 15 is 0 Å². The fraction of sp³-hybridized carbons (Fsp3) is 0. The summed E-state index contributed by atoms with van der Waals surface area (Å²) in [6, 6.07) is 85.2. The summed E-state index contributed by atoms with van der Waals surface area (Å²) in [5, 5.41) is 10.2. The Kier molecular flexibility index (Phi) is 7.43. The molecule has 2 heterocycles. The van der Waals surface area contributed by atoms with Crippen molar-refractivity contribution in [1.29, 1.82) is 0 Å². The summed E-state index contributed by atoms with van der Waals surface area (Å²) in [7, 11) is 0. The normalized spacial score (nSPS) is 12.1. The van der Waals surface area contributed by atoms with Crippen LogP contribution in [0.4, 0.5) is 0 Å². The van der Waals surface area contributed by atoms with E-state index < -0.39 is 0 Å². The van der Waals surface area contributed by atoms with Gasteiger partial charge in [0.2, 0.25) is 0 Å². The predicted molar refractivity (Wildman–Crippen MR) is 271 cm³/mol. The zero-order valence-electron chi connectivity index (χ0n) is 34.8. The van der Waals surface area contributed by atoms with E-state index in [0.29, 0.717) is 0 Å². The van der Waals surface area contributed by atoms with E-state index in [4.69, 9.17) is 0 Å². The molecule has 13 aromatic rings. The topological polar surface area (TPSA) is 9.86 Å². The van der Waals surface area contributed by atoms with Crippen LogP contribution in [0.3, 0.4) is 0 Å². The summed E-state index contributed by atoms with van der Waals surface area (Å²) in [5.74, 6) is 0. The van der Waals surface area contributed by atoms with Gasteiger partial charge in [0.15, 0.2) is 0 Å². The van der Waals surface area contributed by atoms with Crippen LogP contribution in [-0.2, 0) is 0 Å². The fourth-order valence-corrected chi connectivity index (χ4v) is 11.0. The lowest BCUT2D eigenvalue weighted by molar-refractivity contribution is 1.18. The largest absolute Gasteiger partial charge is 0.309 e. The standard InChI is InChI=1S/C62H38N2/c1-2-14-45(15-3-1)64-60-38-44(30-32-53(60)57-33-28-40-12-4-5-17-48(40)62(57)64)43-29-31-52-51-20-8-9-23-58(51)63(59(52)37-43)46-16-10-13-42(36-46)39-24-26-41(27-25-39)47-34-35-56-50-19-7-6-18-49(50)55-22-11-21-54(47)61(55)56/h1-38H. The fourth-order valence-electron chi connectivity index (χ4n) is 11.0. The number of fused-ring (bicyclic) bond motifs is 11. The smallest absolute Gasteiger partial charge is 0.0619 e. The number of aromatic nitrogens is 2. The van der Waals surface area contributed by atoms with E-state index in [1.807, 2.05) is 0 Å². The van der Waals surface area contributed by atoms with Crippen LogP contribution in [0.15, 0.2) is 231 Å². The Balaban J connectivity index is 0.882. The van der Waals surface area contributed by atoms with Gasteiger partial charge in [0.05, 0.1) is 22.1 Å². The van der Waals surface area contributed by atoms with Crippen molar-refractivity contribution in [2.75, 3.05) is 0 Å². The SMILES string of the molecule is c1ccc(-n2c3cc(-c4ccc5c6ccccc6n(-c6cccc(-c7ccc(-c8ccc9c%10c(cccc8%10)-c8ccccc8-9)cc7)c6)c5c4)ccc3c3ccc4ccccc4c32)cc1. The second-order valence-electron chi connectivity index (χ2n) is 17.2. The van der Waals surface area contributed by atoms with Crippen molar-refractivity contribution in [3.63, 3.8) is 0 Å². The predicted octanol–water partition coefficient (Wildman–Crippen LogP) is 16.8. The number of hydrogen-bond acceptors (Lipinski definition) is 0. The lowest BCUT2D eigenvalue weighted by Crippen LogP contribution is -1.95. The molecule has 0 bridgehead atoms. The van der Waals surface area contributed by atoms with Gasteiger partial charge in [0, 0.05) is 38.3 Å². The minimum absolute atomic E-state index is 1.14. The van der Waals surface area contributed by atoms with Gasteiger partial charge >= 0.3 is 0 Å². The Hall–Kier alpha value is -8.46. The van der Waals surface area contributed by atoms with E-state index in [1.165, 1.54) is 121 Å². The molecule has 0 N–H and O–H groups in total. The third kappa shape index (κ3) is 5.08.